The van der Waals surface area contributed by atoms with Gasteiger partial charge in [-0.1, -0.05) is 0 Å². The summed E-state index contributed by atoms with van der Waals surface area (Å²) in [6.07, 6.45) is 2.93. The third-order valence-corrected chi connectivity index (χ3v) is 8.46. The van der Waals surface area contributed by atoms with E-state index >= 15 is 0 Å². The molecule has 3 rings (SSSR count). The first-order chi connectivity index (χ1) is 14.2. The molecule has 2 heterocycles. The normalized spacial score (nSPS) is 23.2. The summed E-state index contributed by atoms with van der Waals surface area (Å²) in [5.74, 6) is -0.965. The van der Waals surface area contributed by atoms with Crippen LogP contribution in [0.15, 0.2) is 27.6 Å². The lowest BCUT2D eigenvalue weighted by Crippen LogP contribution is -2.49. The average Bonchev–Trinajstić information content (AvgIpc) is 2.72. The Hall–Kier alpha value is -1.49. The van der Waals surface area contributed by atoms with Crippen LogP contribution in [0.1, 0.15) is 43.5 Å². The summed E-state index contributed by atoms with van der Waals surface area (Å²) >= 11 is 3.26. The van der Waals surface area contributed by atoms with Gasteiger partial charge in [-0.2, -0.15) is 4.31 Å². The van der Waals surface area contributed by atoms with E-state index < -0.39 is 16.0 Å². The summed E-state index contributed by atoms with van der Waals surface area (Å²) in [6, 6.07) is 4.48. The van der Waals surface area contributed by atoms with Crippen molar-refractivity contribution >= 4 is 37.8 Å². The molecule has 2 fully saturated rings. The molecule has 0 aliphatic carbocycles. The molecule has 0 saturated carbocycles. The van der Waals surface area contributed by atoms with E-state index in [2.05, 4.69) is 15.9 Å². The largest absolute Gasteiger partial charge is 0.452 e. The summed E-state index contributed by atoms with van der Waals surface area (Å²) in [6.45, 7) is 4.78. The van der Waals surface area contributed by atoms with Gasteiger partial charge in [0, 0.05) is 29.6 Å². The molecule has 0 unspecified atom stereocenters. The molecule has 1 aromatic carbocycles. The zero-order valence-electron chi connectivity index (χ0n) is 17.2. The number of piperidine rings is 1. The van der Waals surface area contributed by atoms with Crippen LogP contribution in [0.3, 0.4) is 0 Å². The summed E-state index contributed by atoms with van der Waals surface area (Å²) in [4.78, 5) is 26.9. The second-order valence-corrected chi connectivity index (χ2v) is 10.4. The lowest BCUT2D eigenvalue weighted by atomic mass is 9.97. The molecule has 10 heteroatoms. The standard InChI is InChI=1S/C20H27BrN2O6S/c1-14-4-3-5-15(2)23(14)19(24)13-29-20(25)16-6-7-17(21)18(12-16)30(26,27)22-8-10-28-11-9-22/h6-7,12,14-15H,3-5,8-11,13H2,1-2H3/t14-,15+. The first kappa shape index (κ1) is 23.2. The Kier molecular flexibility index (Phi) is 7.54. The highest BCUT2D eigenvalue weighted by atomic mass is 79.9. The molecule has 2 aliphatic heterocycles. The van der Waals surface area contributed by atoms with Gasteiger partial charge < -0.3 is 14.4 Å². The van der Waals surface area contributed by atoms with E-state index in [0.717, 1.165) is 19.3 Å². The highest BCUT2D eigenvalue weighted by Crippen LogP contribution is 2.27. The predicted octanol–water partition coefficient (Wildman–Crippen LogP) is 2.42. The van der Waals surface area contributed by atoms with E-state index in [9.17, 15) is 18.0 Å². The third kappa shape index (κ3) is 5.04. The first-order valence-electron chi connectivity index (χ1n) is 10.1. The van der Waals surface area contributed by atoms with E-state index in [4.69, 9.17) is 9.47 Å². The molecule has 2 saturated heterocycles. The summed E-state index contributed by atoms with van der Waals surface area (Å²) in [7, 11) is -3.79. The lowest BCUT2D eigenvalue weighted by Gasteiger charge is -2.38. The van der Waals surface area contributed by atoms with Gasteiger partial charge in [-0.25, -0.2) is 13.2 Å². The molecule has 0 radical (unpaired) electrons. The highest BCUT2D eigenvalue weighted by molar-refractivity contribution is 9.10. The number of amides is 1. The minimum atomic E-state index is -3.79. The average molecular weight is 503 g/mol. The van der Waals surface area contributed by atoms with E-state index in [1.54, 1.807) is 4.90 Å². The number of carbonyl (C=O) groups is 2. The number of ether oxygens (including phenoxy) is 2. The summed E-state index contributed by atoms with van der Waals surface area (Å²) in [5, 5.41) is 0. The monoisotopic (exact) mass is 502 g/mol. The van der Waals surface area contributed by atoms with Crippen LogP contribution in [0, 0.1) is 0 Å². The molecule has 0 N–H and O–H groups in total. The Balaban J connectivity index is 1.71. The lowest BCUT2D eigenvalue weighted by molar-refractivity contribution is -0.140. The molecule has 0 spiro atoms. The Morgan fingerprint density at radius 2 is 1.80 bits per heavy atom. The van der Waals surface area contributed by atoms with Crippen molar-refractivity contribution in [1.82, 2.24) is 9.21 Å². The summed E-state index contributed by atoms with van der Waals surface area (Å²) in [5.41, 5.74) is 0.0811. The van der Waals surface area contributed by atoms with Crippen LogP contribution in [0.5, 0.6) is 0 Å². The fraction of sp³-hybridized carbons (Fsp3) is 0.600. The van der Waals surface area contributed by atoms with Crippen molar-refractivity contribution < 1.29 is 27.5 Å². The van der Waals surface area contributed by atoms with Gasteiger partial charge >= 0.3 is 5.97 Å². The van der Waals surface area contributed by atoms with Crippen LogP contribution in [0.25, 0.3) is 0 Å². The molecule has 8 nitrogen and oxygen atoms in total. The van der Waals surface area contributed by atoms with Gasteiger partial charge in [-0.15, -0.1) is 0 Å². The molecule has 2 aliphatic rings. The van der Waals surface area contributed by atoms with Crippen molar-refractivity contribution in [2.24, 2.45) is 0 Å². The minimum Gasteiger partial charge on any atom is -0.452 e. The number of sulfonamides is 1. The Labute approximate surface area is 185 Å². The predicted molar refractivity (Wildman–Crippen MR) is 114 cm³/mol. The van der Waals surface area contributed by atoms with E-state index in [1.807, 2.05) is 13.8 Å². The van der Waals surface area contributed by atoms with Crippen LogP contribution >= 0.6 is 15.9 Å². The molecular weight excluding hydrogens is 476 g/mol. The van der Waals surface area contributed by atoms with Crippen LogP contribution in [0.2, 0.25) is 0 Å². The number of hydrogen-bond donors (Lipinski definition) is 0. The highest BCUT2D eigenvalue weighted by Gasteiger charge is 2.31. The van der Waals surface area contributed by atoms with Gasteiger partial charge in [0.25, 0.3) is 5.91 Å². The third-order valence-electron chi connectivity index (χ3n) is 5.56. The maximum Gasteiger partial charge on any atom is 0.338 e. The first-order valence-corrected chi connectivity index (χ1v) is 12.3. The molecule has 30 heavy (non-hydrogen) atoms. The van der Waals surface area contributed by atoms with E-state index in [-0.39, 0.29) is 48.1 Å². The number of benzene rings is 1. The van der Waals surface area contributed by atoms with Gasteiger partial charge in [0.05, 0.1) is 23.7 Å². The minimum absolute atomic E-state index is 0.0107. The van der Waals surface area contributed by atoms with Crippen LogP contribution in [0.4, 0.5) is 0 Å². The zero-order valence-corrected chi connectivity index (χ0v) is 19.6. The second kappa shape index (κ2) is 9.76. The molecule has 2 atom stereocenters. The number of carbonyl (C=O) groups excluding carboxylic acids is 2. The number of halogens is 1. The van der Waals surface area contributed by atoms with Crippen LogP contribution < -0.4 is 0 Å². The number of hydrogen-bond acceptors (Lipinski definition) is 6. The van der Waals surface area contributed by atoms with Gasteiger partial charge in [-0.3, -0.25) is 4.79 Å². The van der Waals surface area contributed by atoms with Gasteiger partial charge in [0.1, 0.15) is 0 Å². The van der Waals surface area contributed by atoms with E-state index in [1.165, 1.54) is 22.5 Å². The molecule has 166 valence electrons. The van der Waals surface area contributed by atoms with Crippen molar-refractivity contribution in [3.05, 3.63) is 28.2 Å². The fourth-order valence-corrected chi connectivity index (χ4v) is 6.31. The smallest absolute Gasteiger partial charge is 0.338 e. The van der Waals surface area contributed by atoms with Crippen molar-refractivity contribution in [2.45, 2.75) is 50.1 Å². The molecule has 0 bridgehead atoms. The molecule has 1 aromatic rings. The quantitative estimate of drug-likeness (QED) is 0.574. The number of nitrogens with zero attached hydrogens (tertiary/aromatic N) is 2. The topological polar surface area (TPSA) is 93.2 Å². The van der Waals surface area contributed by atoms with Crippen molar-refractivity contribution in [3.8, 4) is 0 Å². The van der Waals surface area contributed by atoms with Crippen molar-refractivity contribution in [1.29, 1.82) is 0 Å². The number of rotatable bonds is 5. The molecule has 1 amide bonds. The zero-order chi connectivity index (χ0) is 21.9. The van der Waals surface area contributed by atoms with Crippen molar-refractivity contribution in [2.75, 3.05) is 32.9 Å². The van der Waals surface area contributed by atoms with Crippen LogP contribution in [-0.4, -0.2) is 74.5 Å². The van der Waals surface area contributed by atoms with Gasteiger partial charge in [-0.05, 0) is 67.2 Å². The summed E-state index contributed by atoms with van der Waals surface area (Å²) < 4.78 is 38.0. The maximum atomic E-state index is 13.0. The van der Waals surface area contributed by atoms with Crippen LogP contribution in [-0.2, 0) is 24.3 Å². The molecular formula is C20H27BrN2O6S. The SMILES string of the molecule is C[C@@H]1CCC[C@H](C)N1C(=O)COC(=O)c1ccc(Br)c(S(=O)(=O)N2CCOCC2)c1. The van der Waals surface area contributed by atoms with Gasteiger partial charge in [0.2, 0.25) is 10.0 Å². The van der Waals surface area contributed by atoms with Gasteiger partial charge in [0.15, 0.2) is 6.61 Å². The Bertz CT molecular complexity index is 891. The number of likely N-dealkylation sites (tertiary alicyclic amines) is 1. The Morgan fingerprint density at radius 1 is 1.17 bits per heavy atom. The van der Waals surface area contributed by atoms with Crippen molar-refractivity contribution in [3.63, 3.8) is 0 Å². The molecule has 0 aromatic heterocycles. The Morgan fingerprint density at radius 3 is 2.43 bits per heavy atom. The van der Waals surface area contributed by atoms with E-state index in [0.29, 0.717) is 17.7 Å². The fourth-order valence-electron chi connectivity index (χ4n) is 3.95. The number of morpholine rings is 1. The maximum absolute atomic E-state index is 13.0. The number of esters is 1. The second-order valence-electron chi connectivity index (χ2n) is 7.67.